The number of carbonyl (C=O) groups excluding carboxylic acids is 2. The Kier molecular flexibility index (Phi) is 17.4. The van der Waals surface area contributed by atoms with E-state index < -0.39 is 18.0 Å². The smallest absolute Gasteiger partial charge is 0.326 e. The van der Waals surface area contributed by atoms with Crippen LogP contribution in [0.1, 0.15) is 95.5 Å². The van der Waals surface area contributed by atoms with Crippen LogP contribution in [-0.4, -0.2) is 47.0 Å². The summed E-state index contributed by atoms with van der Waals surface area (Å²) in [6.07, 6.45) is 4.15. The van der Waals surface area contributed by atoms with Crippen molar-refractivity contribution in [2.45, 2.75) is 93.7 Å². The molecule has 1 fully saturated rings. The molecule has 1 aromatic carbocycles. The minimum absolute atomic E-state index is 0. The first-order valence-corrected chi connectivity index (χ1v) is 14.7. The minimum Gasteiger partial charge on any atom is -0.480 e. The van der Waals surface area contributed by atoms with Crippen molar-refractivity contribution in [2.24, 2.45) is 0 Å². The average Bonchev–Trinajstić information content (AvgIpc) is 3.57. The highest BCUT2D eigenvalue weighted by molar-refractivity contribution is 7.10. The van der Waals surface area contributed by atoms with Gasteiger partial charge in [0, 0.05) is 35.1 Å². The maximum atomic E-state index is 13.2. The van der Waals surface area contributed by atoms with E-state index in [1.807, 2.05) is 57.9 Å². The predicted octanol–water partition coefficient (Wildman–Crippen LogP) is 7.86. The zero-order valence-electron chi connectivity index (χ0n) is 23.0. The van der Waals surface area contributed by atoms with Crippen LogP contribution in [-0.2, 0) is 17.8 Å². The second kappa shape index (κ2) is 18.6. The topological polar surface area (TPSA) is 90.0 Å². The van der Waals surface area contributed by atoms with Gasteiger partial charge in [0.25, 0.3) is 5.91 Å². The molecule has 2 aromatic rings. The number of nitrogens with zero attached hydrogens (tertiary/aromatic N) is 2. The number of aryl methyl sites for hydroxylation is 1. The Morgan fingerprint density at radius 1 is 1.03 bits per heavy atom. The summed E-state index contributed by atoms with van der Waals surface area (Å²) in [5.41, 5.74) is 2.16. The molecule has 38 heavy (non-hydrogen) atoms. The number of carboxylic acids is 1. The lowest BCUT2D eigenvalue weighted by Crippen LogP contribution is -2.45. The van der Waals surface area contributed by atoms with Crippen molar-refractivity contribution in [3.8, 4) is 0 Å². The Bertz CT molecular complexity index is 1010. The first kappa shape index (κ1) is 35.4. The Balaban J connectivity index is 0.00000183. The van der Waals surface area contributed by atoms with Gasteiger partial charge in [0.2, 0.25) is 0 Å². The number of carbonyl (C=O) groups is 3. The zero-order chi connectivity index (χ0) is 28.0. The third-order valence-corrected chi connectivity index (χ3v) is 7.14. The summed E-state index contributed by atoms with van der Waals surface area (Å²) in [5.74, 6) is -1.07. The molecular weight excluding hydrogens is 522 g/mol. The Morgan fingerprint density at radius 2 is 1.71 bits per heavy atom. The van der Waals surface area contributed by atoms with Crippen LogP contribution in [0.3, 0.4) is 0 Å². The van der Waals surface area contributed by atoms with Crippen LogP contribution < -0.4 is 10.2 Å². The number of urea groups is 1. The Morgan fingerprint density at radius 3 is 2.34 bits per heavy atom. The number of amides is 3. The van der Waals surface area contributed by atoms with Crippen LogP contribution in [0.25, 0.3) is 0 Å². The molecule has 214 valence electrons. The molecule has 1 atom stereocenters. The molecule has 0 saturated carbocycles. The summed E-state index contributed by atoms with van der Waals surface area (Å²) in [7, 11) is 0. The summed E-state index contributed by atoms with van der Waals surface area (Å²) in [4.78, 5) is 41.2. The molecule has 1 aromatic heterocycles. The van der Waals surface area contributed by atoms with Gasteiger partial charge in [-0.3, -0.25) is 4.79 Å². The van der Waals surface area contributed by atoms with Crippen molar-refractivity contribution < 1.29 is 19.5 Å². The van der Waals surface area contributed by atoms with Gasteiger partial charge in [-0.15, -0.1) is 11.3 Å². The number of rotatable bonds is 4. The molecule has 0 spiro atoms. The summed E-state index contributed by atoms with van der Waals surface area (Å²) in [6.45, 7) is 13.3. The fourth-order valence-electron chi connectivity index (χ4n) is 4.17. The van der Waals surface area contributed by atoms with E-state index in [2.05, 4.69) is 5.32 Å². The van der Waals surface area contributed by atoms with Gasteiger partial charge in [0.1, 0.15) is 6.04 Å². The fourth-order valence-corrected chi connectivity index (χ4v) is 5.34. The number of anilines is 1. The van der Waals surface area contributed by atoms with Crippen LogP contribution >= 0.6 is 22.9 Å². The van der Waals surface area contributed by atoms with E-state index in [4.69, 9.17) is 11.6 Å². The second-order valence-electron chi connectivity index (χ2n) is 7.80. The molecule has 2 N–H and O–H groups in total. The van der Waals surface area contributed by atoms with Crippen LogP contribution in [0.5, 0.6) is 0 Å². The van der Waals surface area contributed by atoms with Gasteiger partial charge in [0.05, 0.1) is 5.69 Å². The number of benzene rings is 1. The molecule has 3 amide bonds. The highest BCUT2D eigenvalue weighted by Crippen LogP contribution is 2.32. The highest BCUT2D eigenvalue weighted by atomic mass is 35.5. The molecule has 4 rings (SSSR count). The molecule has 1 saturated heterocycles. The first-order chi connectivity index (χ1) is 18.0. The number of aliphatic carboxylic acids is 1. The van der Waals surface area contributed by atoms with Crippen molar-refractivity contribution >= 4 is 46.5 Å². The molecule has 0 radical (unpaired) electrons. The first-order valence-electron chi connectivity index (χ1n) is 13.4. The molecular formula is C29H46ClN3O4S. The quantitative estimate of drug-likeness (QED) is 0.393. The van der Waals surface area contributed by atoms with Crippen LogP contribution in [0.15, 0.2) is 29.6 Å². The maximum Gasteiger partial charge on any atom is 0.326 e. The SMILES string of the molecule is C.CC.CC.CC.O=C(O)C1CCCN1C(=O)NCc1ccc(C(=O)N2CCCCc3sccc32)cc1Cl. The van der Waals surface area contributed by atoms with Crippen molar-refractivity contribution in [1.82, 2.24) is 10.2 Å². The lowest BCUT2D eigenvalue weighted by molar-refractivity contribution is -0.141. The number of carboxylic acid groups (broad SMARTS) is 1. The largest absolute Gasteiger partial charge is 0.480 e. The van der Waals surface area contributed by atoms with Crippen molar-refractivity contribution in [3.05, 3.63) is 50.7 Å². The molecule has 0 bridgehead atoms. The maximum absolute atomic E-state index is 13.2. The number of hydrogen-bond acceptors (Lipinski definition) is 4. The van der Waals surface area contributed by atoms with E-state index in [1.54, 1.807) is 29.5 Å². The molecule has 3 heterocycles. The molecule has 2 aliphatic rings. The third-order valence-electron chi connectivity index (χ3n) is 5.82. The van der Waals surface area contributed by atoms with Crippen molar-refractivity contribution in [1.29, 1.82) is 0 Å². The third kappa shape index (κ3) is 9.02. The normalized spacial score (nSPS) is 15.5. The summed E-state index contributed by atoms with van der Waals surface area (Å²) >= 11 is 8.10. The number of likely N-dealkylation sites (tertiary alicyclic amines) is 1. The minimum atomic E-state index is -0.990. The number of thiophene rings is 1. The lowest BCUT2D eigenvalue weighted by atomic mass is 10.1. The van der Waals surface area contributed by atoms with E-state index in [9.17, 15) is 19.5 Å². The van der Waals surface area contributed by atoms with Gasteiger partial charge in [-0.2, -0.15) is 0 Å². The molecule has 0 aliphatic carbocycles. The summed E-state index contributed by atoms with van der Waals surface area (Å²) in [5, 5.41) is 14.4. The summed E-state index contributed by atoms with van der Waals surface area (Å²) in [6, 6.07) is 5.89. The fraction of sp³-hybridized carbons (Fsp3) is 0.552. The van der Waals surface area contributed by atoms with Crippen molar-refractivity contribution in [3.63, 3.8) is 0 Å². The Labute approximate surface area is 238 Å². The van der Waals surface area contributed by atoms with Gasteiger partial charge in [-0.1, -0.05) is 66.6 Å². The molecule has 9 heteroatoms. The van der Waals surface area contributed by atoms with Crippen LogP contribution in [0.2, 0.25) is 5.02 Å². The van der Waals surface area contributed by atoms with Gasteiger partial charge in [-0.25, -0.2) is 9.59 Å². The standard InChI is InChI=1S/C22H24ClN3O4S.3C2H6.CH4/c23-16-12-14(20(27)25-9-2-1-5-19-17(25)8-11-31-19)6-7-15(16)13-24-22(30)26-10-3-4-18(26)21(28)29;3*1-2;/h6-8,11-12,18H,1-5,9-10,13H2,(H,24,30)(H,28,29);3*1-2H3;1H4. The van der Waals surface area contributed by atoms with Gasteiger partial charge in [0.15, 0.2) is 0 Å². The number of nitrogens with one attached hydrogen (secondary N) is 1. The zero-order valence-corrected chi connectivity index (χ0v) is 24.5. The van der Waals surface area contributed by atoms with Gasteiger partial charge < -0.3 is 20.2 Å². The lowest BCUT2D eigenvalue weighted by Gasteiger charge is -2.22. The van der Waals surface area contributed by atoms with E-state index in [1.165, 1.54) is 9.78 Å². The Hall–Kier alpha value is -2.58. The monoisotopic (exact) mass is 567 g/mol. The van der Waals surface area contributed by atoms with Gasteiger partial charge in [-0.05, 0) is 61.2 Å². The van der Waals surface area contributed by atoms with E-state index in [0.717, 1.165) is 24.9 Å². The summed E-state index contributed by atoms with van der Waals surface area (Å²) < 4.78 is 0. The number of halogens is 1. The van der Waals surface area contributed by atoms with Crippen molar-refractivity contribution in [2.75, 3.05) is 18.0 Å². The molecule has 1 unspecified atom stereocenters. The molecule has 2 aliphatic heterocycles. The number of fused-ring (bicyclic) bond motifs is 1. The van der Waals surface area contributed by atoms with E-state index >= 15 is 0 Å². The number of hydrogen-bond donors (Lipinski definition) is 2. The van der Waals surface area contributed by atoms with Crippen LogP contribution in [0, 0.1) is 0 Å². The van der Waals surface area contributed by atoms with Gasteiger partial charge >= 0.3 is 12.0 Å². The van der Waals surface area contributed by atoms with Crippen LogP contribution in [0.4, 0.5) is 10.5 Å². The second-order valence-corrected chi connectivity index (χ2v) is 9.21. The highest BCUT2D eigenvalue weighted by Gasteiger charge is 2.33. The average molecular weight is 568 g/mol. The van der Waals surface area contributed by atoms with E-state index in [-0.39, 0.29) is 19.9 Å². The predicted molar refractivity (Wildman–Crippen MR) is 161 cm³/mol. The molecule has 7 nitrogen and oxygen atoms in total. The van der Waals surface area contributed by atoms with E-state index in [0.29, 0.717) is 42.1 Å².